The summed E-state index contributed by atoms with van der Waals surface area (Å²) in [5.41, 5.74) is 5.40. The van der Waals surface area contributed by atoms with Crippen molar-refractivity contribution >= 4 is 45.1 Å². The van der Waals surface area contributed by atoms with Crippen molar-refractivity contribution in [2.75, 3.05) is 17.2 Å². The topological polar surface area (TPSA) is 93.7 Å². The van der Waals surface area contributed by atoms with Crippen LogP contribution in [0.15, 0.2) is 59.1 Å². The van der Waals surface area contributed by atoms with E-state index in [1.807, 2.05) is 45.9 Å². The summed E-state index contributed by atoms with van der Waals surface area (Å²) >= 11 is 3.44. The molecule has 0 radical (unpaired) electrons. The molecule has 0 saturated heterocycles. The van der Waals surface area contributed by atoms with Crippen molar-refractivity contribution in [2.45, 2.75) is 40.5 Å². The number of halogens is 1. The van der Waals surface area contributed by atoms with Gasteiger partial charge in [0.25, 0.3) is 5.91 Å². The van der Waals surface area contributed by atoms with Gasteiger partial charge in [0, 0.05) is 22.3 Å². The third-order valence-corrected chi connectivity index (χ3v) is 6.34. The van der Waals surface area contributed by atoms with Gasteiger partial charge in [-0.15, -0.1) is 0 Å². The number of rotatable bonds is 9. The Balaban J connectivity index is 1.40. The molecule has 0 aliphatic heterocycles. The molecule has 2 N–H and O–H groups in total. The van der Waals surface area contributed by atoms with Crippen molar-refractivity contribution in [3.05, 3.63) is 81.3 Å². The lowest BCUT2D eigenvalue weighted by Crippen LogP contribution is -2.22. The molecule has 0 spiro atoms. The van der Waals surface area contributed by atoms with Gasteiger partial charge in [-0.3, -0.25) is 14.4 Å². The molecule has 0 heterocycles. The van der Waals surface area contributed by atoms with E-state index in [9.17, 15) is 14.4 Å². The molecule has 0 bridgehead atoms. The number of amides is 2. The molecule has 0 saturated carbocycles. The molecule has 2 amide bonds. The van der Waals surface area contributed by atoms with Crippen LogP contribution in [-0.4, -0.2) is 24.4 Å². The van der Waals surface area contributed by atoms with Gasteiger partial charge < -0.3 is 20.1 Å². The van der Waals surface area contributed by atoms with Crippen LogP contribution in [0.5, 0.6) is 11.5 Å². The van der Waals surface area contributed by atoms with E-state index >= 15 is 0 Å². The smallest absolute Gasteiger partial charge is 0.306 e. The van der Waals surface area contributed by atoms with Crippen LogP contribution in [0, 0.1) is 27.7 Å². The van der Waals surface area contributed by atoms with E-state index in [0.717, 1.165) is 32.5 Å². The lowest BCUT2D eigenvalue weighted by Gasteiger charge is -2.12. The van der Waals surface area contributed by atoms with Crippen molar-refractivity contribution in [3.8, 4) is 11.5 Å². The van der Waals surface area contributed by atoms with Gasteiger partial charge in [-0.25, -0.2) is 0 Å². The Bertz CT molecular complexity index is 1250. The Hall–Kier alpha value is -3.65. The lowest BCUT2D eigenvalue weighted by atomic mass is 10.1. The number of aryl methyl sites for hydroxylation is 2. The van der Waals surface area contributed by atoms with E-state index in [4.69, 9.17) is 9.47 Å². The van der Waals surface area contributed by atoms with Crippen LogP contribution < -0.4 is 15.4 Å². The first kappa shape index (κ1) is 26.9. The summed E-state index contributed by atoms with van der Waals surface area (Å²) in [4.78, 5) is 36.3. The number of benzene rings is 3. The second-order valence-corrected chi connectivity index (χ2v) is 9.41. The van der Waals surface area contributed by atoms with E-state index < -0.39 is 18.5 Å². The summed E-state index contributed by atoms with van der Waals surface area (Å²) < 4.78 is 11.8. The second kappa shape index (κ2) is 12.4. The van der Waals surface area contributed by atoms with Crippen LogP contribution in [0.4, 0.5) is 11.4 Å². The predicted molar refractivity (Wildman–Crippen MR) is 144 cm³/mol. The first-order chi connectivity index (χ1) is 17.1. The van der Waals surface area contributed by atoms with Crippen molar-refractivity contribution in [3.63, 3.8) is 0 Å². The van der Waals surface area contributed by atoms with Crippen molar-refractivity contribution in [2.24, 2.45) is 0 Å². The highest BCUT2D eigenvalue weighted by atomic mass is 79.9. The zero-order chi connectivity index (χ0) is 26.2. The van der Waals surface area contributed by atoms with Gasteiger partial charge in [-0.1, -0.05) is 22.0 Å². The Morgan fingerprint density at radius 2 is 1.42 bits per heavy atom. The molecule has 0 atom stereocenters. The maximum Gasteiger partial charge on any atom is 0.306 e. The van der Waals surface area contributed by atoms with Crippen LogP contribution in [0.2, 0.25) is 0 Å². The van der Waals surface area contributed by atoms with E-state index in [1.165, 1.54) is 0 Å². The summed E-state index contributed by atoms with van der Waals surface area (Å²) in [7, 11) is 0. The van der Waals surface area contributed by atoms with Crippen LogP contribution in [0.3, 0.4) is 0 Å². The zero-order valence-corrected chi connectivity index (χ0v) is 22.3. The minimum Gasteiger partial charge on any atom is -0.457 e. The Morgan fingerprint density at radius 1 is 0.750 bits per heavy atom. The number of carbonyl (C=O) groups excluding carboxylic acids is 3. The van der Waals surface area contributed by atoms with Crippen molar-refractivity contribution in [1.29, 1.82) is 0 Å². The molecule has 188 valence electrons. The van der Waals surface area contributed by atoms with Gasteiger partial charge in [0.15, 0.2) is 6.61 Å². The summed E-state index contributed by atoms with van der Waals surface area (Å²) in [6, 6.07) is 16.6. The fourth-order valence-corrected chi connectivity index (χ4v) is 3.93. The molecule has 36 heavy (non-hydrogen) atoms. The van der Waals surface area contributed by atoms with Crippen LogP contribution in [0.25, 0.3) is 0 Å². The monoisotopic (exact) mass is 552 g/mol. The van der Waals surface area contributed by atoms with E-state index in [0.29, 0.717) is 17.1 Å². The Labute approximate surface area is 219 Å². The minimum atomic E-state index is -0.624. The average molecular weight is 553 g/mol. The first-order valence-electron chi connectivity index (χ1n) is 11.5. The number of anilines is 2. The van der Waals surface area contributed by atoms with Gasteiger partial charge in [0.05, 0.1) is 6.42 Å². The lowest BCUT2D eigenvalue weighted by molar-refractivity contribution is -0.147. The zero-order valence-electron chi connectivity index (χ0n) is 20.7. The minimum absolute atomic E-state index is 0.0632. The van der Waals surface area contributed by atoms with Gasteiger partial charge in [-0.05, 0) is 98.5 Å². The number of nitrogens with one attached hydrogen (secondary N) is 2. The number of esters is 1. The van der Waals surface area contributed by atoms with Gasteiger partial charge in [-0.2, -0.15) is 0 Å². The molecule has 0 aromatic heterocycles. The number of hydrogen-bond donors (Lipinski definition) is 2. The molecule has 3 aromatic carbocycles. The molecular weight excluding hydrogens is 524 g/mol. The van der Waals surface area contributed by atoms with Crippen LogP contribution in [0.1, 0.15) is 35.1 Å². The summed E-state index contributed by atoms with van der Waals surface area (Å²) in [6.45, 7) is 7.43. The van der Waals surface area contributed by atoms with Crippen LogP contribution >= 0.6 is 15.9 Å². The summed E-state index contributed by atoms with van der Waals surface area (Å²) in [6.07, 6.45) is -0.199. The fourth-order valence-electron chi connectivity index (χ4n) is 3.50. The second-order valence-electron chi connectivity index (χ2n) is 8.55. The van der Waals surface area contributed by atoms with E-state index in [2.05, 4.69) is 32.6 Å². The molecule has 0 fully saturated rings. The number of ether oxygens (including phenoxy) is 2. The summed E-state index contributed by atoms with van der Waals surface area (Å²) in [5, 5.41) is 5.46. The van der Waals surface area contributed by atoms with Gasteiger partial charge >= 0.3 is 5.97 Å². The Morgan fingerprint density at radius 3 is 2.08 bits per heavy atom. The first-order valence-corrected chi connectivity index (χ1v) is 12.3. The standard InChI is InChI=1S/C28H29BrN2O5/c1-17-13-18(2)15-23(14-17)36-22-7-5-21(6-8-22)30-26(32)11-12-28(34)35-16-27(33)31-25-10-9-24(29)19(3)20(25)4/h5-10,13-15H,11-12,16H2,1-4H3,(H,30,32)(H,31,33). The normalized spacial score (nSPS) is 10.5. The van der Waals surface area contributed by atoms with Gasteiger partial charge in [0.1, 0.15) is 11.5 Å². The highest BCUT2D eigenvalue weighted by Gasteiger charge is 2.13. The molecule has 7 nitrogen and oxygen atoms in total. The van der Waals surface area contributed by atoms with E-state index in [-0.39, 0.29) is 18.7 Å². The molecule has 3 aromatic rings. The molecular formula is C28H29BrN2O5. The number of carbonyl (C=O) groups is 3. The SMILES string of the molecule is Cc1cc(C)cc(Oc2ccc(NC(=O)CCC(=O)OCC(=O)Nc3ccc(Br)c(C)c3C)cc2)c1. The maximum atomic E-state index is 12.2. The molecule has 0 aliphatic rings. The average Bonchev–Trinajstić information content (AvgIpc) is 2.82. The van der Waals surface area contributed by atoms with Crippen molar-refractivity contribution in [1.82, 2.24) is 0 Å². The largest absolute Gasteiger partial charge is 0.457 e. The highest BCUT2D eigenvalue weighted by Crippen LogP contribution is 2.26. The maximum absolute atomic E-state index is 12.2. The Kier molecular flexibility index (Phi) is 9.25. The van der Waals surface area contributed by atoms with Crippen LogP contribution in [-0.2, 0) is 19.1 Å². The quantitative estimate of drug-likeness (QED) is 0.300. The fraction of sp³-hybridized carbons (Fsp3) is 0.250. The highest BCUT2D eigenvalue weighted by molar-refractivity contribution is 9.10. The third-order valence-electron chi connectivity index (χ3n) is 5.48. The third kappa shape index (κ3) is 7.95. The van der Waals surface area contributed by atoms with E-state index in [1.54, 1.807) is 30.3 Å². The summed E-state index contributed by atoms with van der Waals surface area (Å²) in [5.74, 6) is -0.00536. The van der Waals surface area contributed by atoms with Gasteiger partial charge in [0.2, 0.25) is 5.91 Å². The molecule has 0 unspecified atom stereocenters. The molecule has 8 heteroatoms. The van der Waals surface area contributed by atoms with Crippen molar-refractivity contribution < 1.29 is 23.9 Å². The predicted octanol–water partition coefficient (Wildman–Crippen LogP) is 6.38. The molecule has 3 rings (SSSR count). The molecule has 0 aliphatic carbocycles. The number of hydrogen-bond acceptors (Lipinski definition) is 5.